The molecule has 0 unspecified atom stereocenters. The monoisotopic (exact) mass is 308 g/mol. The molecule has 1 aliphatic carbocycles. The number of nitrogens with two attached hydrogens (primary N) is 1. The lowest BCUT2D eigenvalue weighted by Gasteiger charge is -2.18. The average Bonchev–Trinajstić information content (AvgIpc) is 2.49. The third-order valence-corrected chi connectivity index (χ3v) is 4.24. The third kappa shape index (κ3) is 2.46. The van der Waals surface area contributed by atoms with E-state index in [0.717, 1.165) is 42.5 Å². The van der Waals surface area contributed by atoms with E-state index in [-0.39, 0.29) is 0 Å². The second-order valence-corrected chi connectivity index (χ2v) is 5.62. The molecular weight excluding hydrogens is 295 g/mol. The molecule has 1 heterocycles. The molecule has 0 fully saturated rings. The Morgan fingerprint density at radius 1 is 1.05 bits per heavy atom. The van der Waals surface area contributed by atoms with Crippen LogP contribution in [0.3, 0.4) is 0 Å². The number of aromatic nitrogens is 2. The van der Waals surface area contributed by atoms with Crippen molar-refractivity contribution in [2.24, 2.45) is 5.84 Å². The highest BCUT2D eigenvalue weighted by Crippen LogP contribution is 2.30. The lowest BCUT2D eigenvalue weighted by molar-refractivity contribution is 0.665. The van der Waals surface area contributed by atoms with E-state index < -0.39 is 0 Å². The smallest absolute Gasteiger partial charge is 0.161 e. The average molecular weight is 309 g/mol. The summed E-state index contributed by atoms with van der Waals surface area (Å²) in [5.41, 5.74) is 5.72. The molecular formula is C14H14Cl2N4. The van der Waals surface area contributed by atoms with Crippen molar-refractivity contribution in [3.63, 3.8) is 0 Å². The fourth-order valence-corrected chi connectivity index (χ4v) is 2.78. The third-order valence-electron chi connectivity index (χ3n) is 3.50. The van der Waals surface area contributed by atoms with Gasteiger partial charge in [0, 0.05) is 16.8 Å². The zero-order valence-electron chi connectivity index (χ0n) is 10.8. The number of benzene rings is 1. The van der Waals surface area contributed by atoms with Gasteiger partial charge in [-0.15, -0.1) is 0 Å². The second-order valence-electron chi connectivity index (χ2n) is 4.80. The summed E-state index contributed by atoms with van der Waals surface area (Å²) in [7, 11) is 0. The van der Waals surface area contributed by atoms with Crippen LogP contribution in [-0.4, -0.2) is 9.97 Å². The van der Waals surface area contributed by atoms with Gasteiger partial charge in [-0.05, 0) is 43.9 Å². The van der Waals surface area contributed by atoms with Crippen molar-refractivity contribution < 1.29 is 0 Å². The van der Waals surface area contributed by atoms with Crippen LogP contribution in [0.25, 0.3) is 11.4 Å². The molecule has 0 atom stereocenters. The summed E-state index contributed by atoms with van der Waals surface area (Å²) in [5, 5.41) is 1.01. The normalized spacial score (nSPS) is 13.9. The van der Waals surface area contributed by atoms with Crippen molar-refractivity contribution in [1.82, 2.24) is 9.97 Å². The number of hydrogen-bond acceptors (Lipinski definition) is 4. The number of nitrogens with zero attached hydrogens (tertiary/aromatic N) is 2. The van der Waals surface area contributed by atoms with Gasteiger partial charge in [-0.25, -0.2) is 15.8 Å². The Morgan fingerprint density at radius 2 is 1.85 bits per heavy atom. The molecule has 4 nitrogen and oxygen atoms in total. The lowest BCUT2D eigenvalue weighted by atomic mass is 9.96. The molecule has 3 rings (SSSR count). The fraction of sp³-hybridized carbons (Fsp3) is 0.286. The summed E-state index contributed by atoms with van der Waals surface area (Å²) >= 11 is 12.0. The summed E-state index contributed by atoms with van der Waals surface area (Å²) in [6.07, 6.45) is 4.23. The van der Waals surface area contributed by atoms with E-state index in [2.05, 4.69) is 15.4 Å². The second kappa shape index (κ2) is 5.56. The SMILES string of the molecule is NNc1nc(-c2ccc(Cl)c(Cl)c2)nc2c1CCCC2. The van der Waals surface area contributed by atoms with Crippen molar-refractivity contribution in [3.8, 4) is 11.4 Å². The Labute approximate surface area is 127 Å². The molecule has 1 aromatic heterocycles. The Bertz CT molecular complexity index is 641. The van der Waals surface area contributed by atoms with Crippen LogP contribution in [0.15, 0.2) is 18.2 Å². The predicted octanol–water partition coefficient (Wildman–Crippen LogP) is 3.61. The standard InChI is InChI=1S/C14H14Cl2N4/c15-10-6-5-8(7-11(10)16)13-18-12-4-2-1-3-9(12)14(19-13)20-17/h5-7H,1-4,17H2,(H,18,19,20). The molecule has 20 heavy (non-hydrogen) atoms. The number of anilines is 1. The maximum Gasteiger partial charge on any atom is 0.161 e. The molecule has 0 radical (unpaired) electrons. The van der Waals surface area contributed by atoms with Gasteiger partial charge in [0.2, 0.25) is 0 Å². The van der Waals surface area contributed by atoms with Crippen molar-refractivity contribution >= 4 is 29.0 Å². The van der Waals surface area contributed by atoms with Crippen LogP contribution in [0.5, 0.6) is 0 Å². The van der Waals surface area contributed by atoms with Crippen molar-refractivity contribution in [2.45, 2.75) is 25.7 Å². The lowest BCUT2D eigenvalue weighted by Crippen LogP contribution is -2.17. The molecule has 0 saturated carbocycles. The van der Waals surface area contributed by atoms with E-state index in [1.165, 1.54) is 0 Å². The first kappa shape index (κ1) is 13.6. The molecule has 1 aromatic carbocycles. The van der Waals surface area contributed by atoms with E-state index in [1.807, 2.05) is 6.07 Å². The molecule has 0 aliphatic heterocycles. The van der Waals surface area contributed by atoms with Gasteiger partial charge in [0.15, 0.2) is 5.82 Å². The summed E-state index contributed by atoms with van der Waals surface area (Å²) < 4.78 is 0. The summed E-state index contributed by atoms with van der Waals surface area (Å²) in [4.78, 5) is 9.15. The maximum absolute atomic E-state index is 6.05. The number of halogens is 2. The molecule has 0 amide bonds. The minimum Gasteiger partial charge on any atom is -0.308 e. The van der Waals surface area contributed by atoms with Crippen LogP contribution in [0.2, 0.25) is 10.0 Å². The maximum atomic E-state index is 6.05. The number of aryl methyl sites for hydroxylation is 1. The number of hydrazine groups is 1. The number of nitrogens with one attached hydrogen (secondary N) is 1. The van der Waals surface area contributed by atoms with E-state index >= 15 is 0 Å². The molecule has 6 heteroatoms. The summed E-state index contributed by atoms with van der Waals surface area (Å²) in [6, 6.07) is 5.38. The zero-order valence-corrected chi connectivity index (χ0v) is 12.3. The van der Waals surface area contributed by atoms with Gasteiger partial charge < -0.3 is 5.43 Å². The van der Waals surface area contributed by atoms with Gasteiger partial charge in [0.25, 0.3) is 0 Å². The van der Waals surface area contributed by atoms with Gasteiger partial charge in [0.05, 0.1) is 10.0 Å². The van der Waals surface area contributed by atoms with Crippen molar-refractivity contribution in [2.75, 3.05) is 5.43 Å². The zero-order chi connectivity index (χ0) is 14.1. The molecule has 0 saturated heterocycles. The van der Waals surface area contributed by atoms with E-state index in [9.17, 15) is 0 Å². The highest BCUT2D eigenvalue weighted by atomic mass is 35.5. The number of rotatable bonds is 2. The van der Waals surface area contributed by atoms with Crippen molar-refractivity contribution in [3.05, 3.63) is 39.5 Å². The molecule has 104 valence electrons. The summed E-state index contributed by atoms with van der Waals surface area (Å²) in [6.45, 7) is 0. The van der Waals surface area contributed by atoms with Crippen LogP contribution < -0.4 is 11.3 Å². The molecule has 1 aliphatic rings. The molecule has 0 spiro atoms. The number of hydrogen-bond donors (Lipinski definition) is 2. The van der Waals surface area contributed by atoms with Crippen molar-refractivity contribution in [1.29, 1.82) is 0 Å². The number of nitrogen functional groups attached to an aromatic ring is 1. The predicted molar refractivity (Wildman–Crippen MR) is 81.9 cm³/mol. The number of fused-ring (bicyclic) bond motifs is 1. The first-order chi connectivity index (χ1) is 9.69. The minimum atomic E-state index is 0.493. The molecule has 2 aromatic rings. The van der Waals surface area contributed by atoms with Gasteiger partial charge in [-0.2, -0.15) is 0 Å². The van der Waals surface area contributed by atoms with E-state index in [4.69, 9.17) is 29.0 Å². The summed E-state index contributed by atoms with van der Waals surface area (Å²) in [5.74, 6) is 6.91. The van der Waals surface area contributed by atoms with E-state index in [0.29, 0.717) is 21.7 Å². The van der Waals surface area contributed by atoms with E-state index in [1.54, 1.807) is 12.1 Å². The van der Waals surface area contributed by atoms with Crippen LogP contribution in [0.4, 0.5) is 5.82 Å². The van der Waals surface area contributed by atoms with Gasteiger partial charge in [-0.1, -0.05) is 23.2 Å². The van der Waals surface area contributed by atoms with Gasteiger partial charge in [-0.3, -0.25) is 0 Å². The highest BCUT2D eigenvalue weighted by molar-refractivity contribution is 6.42. The van der Waals surface area contributed by atoms with Crippen LogP contribution in [0, 0.1) is 0 Å². The van der Waals surface area contributed by atoms with Crippen LogP contribution >= 0.6 is 23.2 Å². The van der Waals surface area contributed by atoms with Gasteiger partial charge >= 0.3 is 0 Å². The Balaban J connectivity index is 2.11. The van der Waals surface area contributed by atoms with Gasteiger partial charge in [0.1, 0.15) is 5.82 Å². The Kier molecular flexibility index (Phi) is 3.78. The minimum absolute atomic E-state index is 0.493. The quantitative estimate of drug-likeness (QED) is 0.657. The Morgan fingerprint density at radius 3 is 2.60 bits per heavy atom. The topological polar surface area (TPSA) is 63.8 Å². The van der Waals surface area contributed by atoms with Crippen LogP contribution in [0.1, 0.15) is 24.1 Å². The first-order valence-corrected chi connectivity index (χ1v) is 7.26. The largest absolute Gasteiger partial charge is 0.308 e. The van der Waals surface area contributed by atoms with Crippen LogP contribution in [-0.2, 0) is 12.8 Å². The molecule has 3 N–H and O–H groups in total. The highest BCUT2D eigenvalue weighted by Gasteiger charge is 2.18. The first-order valence-electron chi connectivity index (χ1n) is 6.51. The molecule has 0 bridgehead atoms. The fourth-order valence-electron chi connectivity index (χ4n) is 2.48. The Hall–Kier alpha value is -1.36.